The van der Waals surface area contributed by atoms with Crippen LogP contribution in [-0.4, -0.2) is 7.05 Å². The van der Waals surface area contributed by atoms with E-state index in [2.05, 4.69) is 123 Å². The summed E-state index contributed by atoms with van der Waals surface area (Å²) in [7, 11) is 2.19. The molecule has 4 aromatic rings. The van der Waals surface area contributed by atoms with Gasteiger partial charge in [-0.15, -0.1) is 0 Å². The third-order valence-corrected chi connectivity index (χ3v) is 7.35. The molecule has 1 heteroatoms. The molecule has 2 aliphatic rings. The van der Waals surface area contributed by atoms with Gasteiger partial charge in [-0.1, -0.05) is 98.8 Å². The van der Waals surface area contributed by atoms with Gasteiger partial charge in [0.05, 0.1) is 5.41 Å². The van der Waals surface area contributed by atoms with Gasteiger partial charge in [-0.2, -0.15) is 0 Å². The molecule has 0 bridgehead atoms. The van der Waals surface area contributed by atoms with Gasteiger partial charge in [-0.25, -0.2) is 0 Å². The quantitative estimate of drug-likeness (QED) is 0.321. The molecule has 1 nitrogen and oxygen atoms in total. The summed E-state index contributed by atoms with van der Waals surface area (Å²) in [6, 6.07) is 36.0. The molecule has 0 saturated carbocycles. The van der Waals surface area contributed by atoms with Crippen LogP contribution in [0, 0.1) is 0 Å². The lowest BCUT2D eigenvalue weighted by atomic mass is 9.53. The van der Waals surface area contributed by atoms with Crippen LogP contribution in [0.25, 0.3) is 0 Å². The summed E-state index contributed by atoms with van der Waals surface area (Å²) in [5.74, 6) is 0. The van der Waals surface area contributed by atoms with Crippen molar-refractivity contribution < 1.29 is 0 Å². The monoisotopic (exact) mass is 387 g/mol. The largest absolute Gasteiger partial charge is 0.344 e. The van der Waals surface area contributed by atoms with E-state index in [0.29, 0.717) is 0 Å². The highest BCUT2D eigenvalue weighted by Crippen LogP contribution is 2.61. The summed E-state index contributed by atoms with van der Waals surface area (Å²) in [6.07, 6.45) is 0. The third-order valence-electron chi connectivity index (χ3n) is 7.35. The van der Waals surface area contributed by atoms with Crippen molar-refractivity contribution in [1.82, 2.24) is 0 Å². The van der Waals surface area contributed by atoms with E-state index in [-0.39, 0.29) is 10.8 Å². The first-order valence-corrected chi connectivity index (χ1v) is 10.7. The second kappa shape index (κ2) is 5.86. The summed E-state index contributed by atoms with van der Waals surface area (Å²) in [5, 5.41) is 0. The first kappa shape index (κ1) is 17.5. The van der Waals surface area contributed by atoms with Crippen molar-refractivity contribution in [2.24, 2.45) is 0 Å². The van der Waals surface area contributed by atoms with Gasteiger partial charge in [0, 0.05) is 23.8 Å². The number of hydrogen-bond donors (Lipinski definition) is 0. The fourth-order valence-corrected chi connectivity index (χ4v) is 6.02. The van der Waals surface area contributed by atoms with Crippen molar-refractivity contribution in [3.05, 3.63) is 130 Å². The Hall–Kier alpha value is -3.32. The molecule has 0 N–H and O–H groups in total. The molecule has 1 aliphatic carbocycles. The first-order valence-electron chi connectivity index (χ1n) is 10.7. The molecule has 0 amide bonds. The fraction of sp³-hybridized carbons (Fsp3) is 0.172. The predicted molar refractivity (Wildman–Crippen MR) is 125 cm³/mol. The Bertz CT molecular complexity index is 1200. The minimum Gasteiger partial charge on any atom is -0.344 e. The maximum atomic E-state index is 2.37. The van der Waals surface area contributed by atoms with Crippen LogP contribution in [0.3, 0.4) is 0 Å². The standard InChI is InChI=1S/C29H25N/c1-28(2)20-12-4-6-14-22(20)29(23-15-7-5-13-21(23)28)24-16-8-10-18-26(24)30(3)27-19-11-9-17-25(27)29/h4-19H,1-3H3. The van der Waals surface area contributed by atoms with E-state index in [1.165, 1.54) is 44.8 Å². The Morgan fingerprint density at radius 2 is 0.800 bits per heavy atom. The van der Waals surface area contributed by atoms with Crippen molar-refractivity contribution in [2.75, 3.05) is 11.9 Å². The molecule has 0 unspecified atom stereocenters. The van der Waals surface area contributed by atoms with Gasteiger partial charge in [0.2, 0.25) is 0 Å². The summed E-state index contributed by atoms with van der Waals surface area (Å²) in [6.45, 7) is 4.73. The van der Waals surface area contributed by atoms with Gasteiger partial charge in [-0.05, 0) is 45.5 Å². The zero-order chi connectivity index (χ0) is 20.5. The van der Waals surface area contributed by atoms with Crippen LogP contribution in [0.15, 0.2) is 97.1 Å². The smallest absolute Gasteiger partial charge is 0.0748 e. The minimum absolute atomic E-state index is 0.0499. The van der Waals surface area contributed by atoms with Crippen LogP contribution in [0.2, 0.25) is 0 Å². The Labute approximate surface area is 178 Å². The number of anilines is 2. The number of para-hydroxylation sites is 2. The van der Waals surface area contributed by atoms with Crippen LogP contribution in [0.4, 0.5) is 11.4 Å². The molecule has 30 heavy (non-hydrogen) atoms. The van der Waals surface area contributed by atoms with Crippen LogP contribution in [0.5, 0.6) is 0 Å². The zero-order valence-corrected chi connectivity index (χ0v) is 17.7. The third kappa shape index (κ3) is 1.93. The normalized spacial score (nSPS) is 17.0. The highest BCUT2D eigenvalue weighted by atomic mass is 15.1. The molecule has 0 saturated heterocycles. The zero-order valence-electron chi connectivity index (χ0n) is 17.7. The van der Waals surface area contributed by atoms with Gasteiger partial charge >= 0.3 is 0 Å². The van der Waals surface area contributed by atoms with Gasteiger partial charge in [-0.3, -0.25) is 0 Å². The van der Waals surface area contributed by atoms with E-state index < -0.39 is 0 Å². The molecule has 1 spiro atoms. The molecule has 0 radical (unpaired) electrons. The molecule has 0 atom stereocenters. The van der Waals surface area contributed by atoms with Crippen molar-refractivity contribution in [1.29, 1.82) is 0 Å². The van der Waals surface area contributed by atoms with E-state index in [1.54, 1.807) is 0 Å². The van der Waals surface area contributed by atoms with Crippen LogP contribution in [0.1, 0.15) is 47.2 Å². The Morgan fingerprint density at radius 1 is 0.467 bits per heavy atom. The minimum atomic E-state index is -0.317. The van der Waals surface area contributed by atoms with E-state index >= 15 is 0 Å². The Morgan fingerprint density at radius 3 is 1.23 bits per heavy atom. The molecular formula is C29H25N. The second-order valence-electron chi connectivity index (χ2n) is 9.06. The van der Waals surface area contributed by atoms with Crippen molar-refractivity contribution in [3.63, 3.8) is 0 Å². The molecule has 4 aromatic carbocycles. The molecule has 6 rings (SSSR count). The molecule has 1 heterocycles. The Balaban J connectivity index is 1.89. The summed E-state index contributed by atoms with van der Waals surface area (Å²) in [4.78, 5) is 2.35. The number of nitrogens with zero attached hydrogens (tertiary/aromatic N) is 1. The maximum absolute atomic E-state index is 2.37. The van der Waals surface area contributed by atoms with E-state index in [9.17, 15) is 0 Å². The van der Waals surface area contributed by atoms with E-state index in [1.807, 2.05) is 0 Å². The van der Waals surface area contributed by atoms with E-state index in [0.717, 1.165) is 0 Å². The molecule has 146 valence electrons. The van der Waals surface area contributed by atoms with Gasteiger partial charge < -0.3 is 4.90 Å². The lowest BCUT2D eigenvalue weighted by Crippen LogP contribution is -2.45. The SMILES string of the molecule is CN1c2ccccc2C2(c3ccccc31)c1ccccc1C(C)(C)c1ccccc12. The fourth-order valence-electron chi connectivity index (χ4n) is 6.02. The maximum Gasteiger partial charge on any atom is 0.0748 e. The molecule has 0 fully saturated rings. The highest BCUT2D eigenvalue weighted by Gasteiger charge is 2.52. The van der Waals surface area contributed by atoms with Crippen LogP contribution < -0.4 is 4.90 Å². The van der Waals surface area contributed by atoms with Crippen LogP contribution >= 0.6 is 0 Å². The second-order valence-corrected chi connectivity index (χ2v) is 9.06. The van der Waals surface area contributed by atoms with E-state index in [4.69, 9.17) is 0 Å². The molecule has 1 aliphatic heterocycles. The molecular weight excluding hydrogens is 362 g/mol. The van der Waals surface area contributed by atoms with Gasteiger partial charge in [0.1, 0.15) is 0 Å². The molecule has 0 aromatic heterocycles. The highest BCUT2D eigenvalue weighted by molar-refractivity contribution is 5.85. The predicted octanol–water partition coefficient (Wildman–Crippen LogP) is 6.79. The number of fused-ring (bicyclic) bond motifs is 8. The van der Waals surface area contributed by atoms with Crippen molar-refractivity contribution in [3.8, 4) is 0 Å². The average Bonchev–Trinajstić information content (AvgIpc) is 2.80. The average molecular weight is 388 g/mol. The van der Waals surface area contributed by atoms with Gasteiger partial charge in [0.15, 0.2) is 0 Å². The number of rotatable bonds is 0. The first-order chi connectivity index (χ1) is 14.6. The summed E-state index contributed by atoms with van der Waals surface area (Å²) < 4.78 is 0. The summed E-state index contributed by atoms with van der Waals surface area (Å²) >= 11 is 0. The Kier molecular flexibility index (Phi) is 3.42. The van der Waals surface area contributed by atoms with Gasteiger partial charge in [0.25, 0.3) is 0 Å². The number of hydrogen-bond acceptors (Lipinski definition) is 1. The van der Waals surface area contributed by atoms with Crippen LogP contribution in [-0.2, 0) is 10.8 Å². The summed E-state index contributed by atoms with van der Waals surface area (Å²) in [5.41, 5.74) is 10.6. The van der Waals surface area contributed by atoms with Crippen molar-refractivity contribution in [2.45, 2.75) is 24.7 Å². The lowest BCUT2D eigenvalue weighted by molar-refractivity contribution is 0.556. The topological polar surface area (TPSA) is 3.24 Å². The van der Waals surface area contributed by atoms with Crippen molar-refractivity contribution >= 4 is 11.4 Å². The number of benzene rings is 4. The lowest BCUT2D eigenvalue weighted by Gasteiger charge is -2.52.